The first-order valence-electron chi connectivity index (χ1n) is 8.57. The molecule has 4 heteroatoms. The Bertz CT molecular complexity index is 465. The smallest absolute Gasteiger partial charge is 0.109 e. The van der Waals surface area contributed by atoms with Gasteiger partial charge in [-0.1, -0.05) is 13.3 Å². The van der Waals surface area contributed by atoms with Gasteiger partial charge in [-0.05, 0) is 32.1 Å². The summed E-state index contributed by atoms with van der Waals surface area (Å²) in [5.74, 6) is 2.10. The number of hydrogen-bond donors (Lipinski definition) is 1. The molecule has 0 spiro atoms. The van der Waals surface area contributed by atoms with Gasteiger partial charge in [0.05, 0.1) is 0 Å². The van der Waals surface area contributed by atoms with E-state index in [2.05, 4.69) is 40.7 Å². The lowest BCUT2D eigenvalue weighted by Crippen LogP contribution is -2.64. The van der Waals surface area contributed by atoms with E-state index in [1.807, 2.05) is 12.4 Å². The number of nitrogens with one attached hydrogen (secondary N) is 1. The maximum Gasteiger partial charge on any atom is 0.109 e. The highest BCUT2D eigenvalue weighted by molar-refractivity contribution is 5.04. The molecule has 2 fully saturated rings. The zero-order valence-electron chi connectivity index (χ0n) is 13.8. The van der Waals surface area contributed by atoms with Crippen LogP contribution < -0.4 is 5.32 Å². The van der Waals surface area contributed by atoms with Crippen LogP contribution in [0, 0.1) is 5.92 Å². The van der Waals surface area contributed by atoms with Crippen molar-refractivity contribution in [3.05, 3.63) is 18.2 Å². The largest absolute Gasteiger partial charge is 0.338 e. The third kappa shape index (κ3) is 3.32. The van der Waals surface area contributed by atoms with Gasteiger partial charge >= 0.3 is 0 Å². The van der Waals surface area contributed by atoms with E-state index < -0.39 is 0 Å². The van der Waals surface area contributed by atoms with E-state index in [-0.39, 0.29) is 0 Å². The van der Waals surface area contributed by atoms with E-state index in [4.69, 9.17) is 0 Å². The fraction of sp³-hybridized carbons (Fsp3) is 0.824. The number of piperazine rings is 1. The van der Waals surface area contributed by atoms with Gasteiger partial charge in [-0.25, -0.2) is 4.98 Å². The minimum Gasteiger partial charge on any atom is -0.338 e. The summed E-state index contributed by atoms with van der Waals surface area (Å²) in [6, 6.07) is 0.696. The summed E-state index contributed by atoms with van der Waals surface area (Å²) in [6.45, 7) is 8.22. The lowest BCUT2D eigenvalue weighted by molar-refractivity contribution is 0.0706. The predicted octanol–water partition coefficient (Wildman–Crippen LogP) is 2.21. The molecule has 1 saturated heterocycles. The van der Waals surface area contributed by atoms with E-state index in [0.717, 1.165) is 25.4 Å². The van der Waals surface area contributed by atoms with Crippen molar-refractivity contribution in [2.24, 2.45) is 13.0 Å². The van der Waals surface area contributed by atoms with Gasteiger partial charge in [0.25, 0.3) is 0 Å². The Kier molecular flexibility index (Phi) is 4.36. The predicted molar refractivity (Wildman–Crippen MR) is 86.3 cm³/mol. The standard InChI is InChI=1S/C17H30N4/c1-4-5-15-12-19-17(2,14-6-7-14)13-21(15)10-8-16-18-9-11-20(16)3/h9,11,14-15,19H,4-8,10,12-13H2,1-3H3. The van der Waals surface area contributed by atoms with Crippen LogP contribution in [0.5, 0.6) is 0 Å². The summed E-state index contributed by atoms with van der Waals surface area (Å²) in [4.78, 5) is 7.20. The Morgan fingerprint density at radius 3 is 2.86 bits per heavy atom. The SMILES string of the molecule is CCCC1CNC(C)(C2CC2)CN1CCc1nccn1C. The summed E-state index contributed by atoms with van der Waals surface area (Å²) in [5, 5.41) is 3.86. The summed E-state index contributed by atoms with van der Waals surface area (Å²) in [5.41, 5.74) is 0.339. The molecule has 4 nitrogen and oxygen atoms in total. The topological polar surface area (TPSA) is 33.1 Å². The number of rotatable bonds is 6. The Morgan fingerprint density at radius 2 is 2.24 bits per heavy atom. The van der Waals surface area contributed by atoms with Gasteiger partial charge in [0.15, 0.2) is 0 Å². The molecule has 2 heterocycles. The molecule has 1 saturated carbocycles. The van der Waals surface area contributed by atoms with Crippen molar-refractivity contribution in [1.29, 1.82) is 0 Å². The summed E-state index contributed by atoms with van der Waals surface area (Å²) < 4.78 is 2.15. The molecule has 1 N–H and O–H groups in total. The quantitative estimate of drug-likeness (QED) is 0.872. The average molecular weight is 290 g/mol. The minimum atomic E-state index is 0.339. The second-order valence-corrected chi connectivity index (χ2v) is 7.19. The maximum absolute atomic E-state index is 4.48. The van der Waals surface area contributed by atoms with Crippen LogP contribution in [0.3, 0.4) is 0 Å². The Balaban J connectivity index is 1.64. The van der Waals surface area contributed by atoms with Gasteiger partial charge in [0.1, 0.15) is 5.82 Å². The van der Waals surface area contributed by atoms with Crippen LogP contribution in [0.4, 0.5) is 0 Å². The van der Waals surface area contributed by atoms with Crippen molar-refractivity contribution in [1.82, 2.24) is 19.8 Å². The normalized spacial score (nSPS) is 30.7. The van der Waals surface area contributed by atoms with Gasteiger partial charge in [0.2, 0.25) is 0 Å². The maximum atomic E-state index is 4.48. The van der Waals surface area contributed by atoms with Crippen molar-refractivity contribution >= 4 is 0 Å². The second-order valence-electron chi connectivity index (χ2n) is 7.19. The van der Waals surface area contributed by atoms with Gasteiger partial charge in [0, 0.05) is 57.1 Å². The zero-order valence-corrected chi connectivity index (χ0v) is 13.8. The third-order valence-corrected chi connectivity index (χ3v) is 5.43. The summed E-state index contributed by atoms with van der Waals surface area (Å²) >= 11 is 0. The third-order valence-electron chi connectivity index (χ3n) is 5.43. The van der Waals surface area contributed by atoms with E-state index in [9.17, 15) is 0 Å². The van der Waals surface area contributed by atoms with Crippen LogP contribution in [0.1, 0.15) is 45.4 Å². The van der Waals surface area contributed by atoms with E-state index in [0.29, 0.717) is 11.6 Å². The highest BCUT2D eigenvalue weighted by atomic mass is 15.3. The molecule has 0 bridgehead atoms. The lowest BCUT2D eigenvalue weighted by atomic mass is 9.90. The van der Waals surface area contributed by atoms with Crippen LogP contribution in [0.15, 0.2) is 12.4 Å². The number of imidazole rings is 1. The average Bonchev–Trinajstić information content (AvgIpc) is 3.24. The van der Waals surface area contributed by atoms with E-state index >= 15 is 0 Å². The van der Waals surface area contributed by atoms with Crippen LogP contribution >= 0.6 is 0 Å². The van der Waals surface area contributed by atoms with E-state index in [1.165, 1.54) is 38.1 Å². The molecule has 2 unspecified atom stereocenters. The lowest BCUT2D eigenvalue weighted by Gasteiger charge is -2.47. The van der Waals surface area contributed by atoms with Crippen LogP contribution in [0.25, 0.3) is 0 Å². The molecule has 1 aliphatic heterocycles. The first-order valence-corrected chi connectivity index (χ1v) is 8.57. The van der Waals surface area contributed by atoms with Crippen molar-refractivity contribution in [2.75, 3.05) is 19.6 Å². The Hall–Kier alpha value is -0.870. The molecule has 0 aromatic carbocycles. The second kappa shape index (κ2) is 6.09. The summed E-state index contributed by atoms with van der Waals surface area (Å²) in [6.07, 6.45) is 10.4. The Labute approximate surface area is 128 Å². The monoisotopic (exact) mass is 290 g/mol. The molecular weight excluding hydrogens is 260 g/mol. The molecule has 0 radical (unpaired) electrons. The van der Waals surface area contributed by atoms with Gasteiger partial charge in [-0.15, -0.1) is 0 Å². The van der Waals surface area contributed by atoms with Crippen molar-refractivity contribution < 1.29 is 0 Å². The number of nitrogens with zero attached hydrogens (tertiary/aromatic N) is 3. The van der Waals surface area contributed by atoms with Gasteiger partial charge in [-0.2, -0.15) is 0 Å². The van der Waals surface area contributed by atoms with Crippen molar-refractivity contribution in [3.8, 4) is 0 Å². The first kappa shape index (κ1) is 15.0. The molecule has 2 aliphatic rings. The minimum absolute atomic E-state index is 0.339. The molecule has 1 aromatic rings. The molecule has 1 aromatic heterocycles. The van der Waals surface area contributed by atoms with Crippen molar-refractivity contribution in [3.63, 3.8) is 0 Å². The first-order chi connectivity index (χ1) is 10.1. The van der Waals surface area contributed by atoms with Crippen molar-refractivity contribution in [2.45, 2.75) is 57.5 Å². The highest BCUT2D eigenvalue weighted by Gasteiger charge is 2.45. The number of hydrogen-bond acceptors (Lipinski definition) is 3. The molecule has 0 amide bonds. The molecule has 1 aliphatic carbocycles. The van der Waals surface area contributed by atoms with Crippen LogP contribution in [-0.2, 0) is 13.5 Å². The van der Waals surface area contributed by atoms with Gasteiger partial charge in [-0.3, -0.25) is 4.90 Å². The van der Waals surface area contributed by atoms with Gasteiger partial charge < -0.3 is 9.88 Å². The molecule has 118 valence electrons. The molecular formula is C17H30N4. The summed E-state index contributed by atoms with van der Waals surface area (Å²) in [7, 11) is 2.10. The zero-order chi connectivity index (χ0) is 14.9. The fourth-order valence-electron chi connectivity index (χ4n) is 3.84. The number of aromatic nitrogens is 2. The molecule has 2 atom stereocenters. The molecule has 21 heavy (non-hydrogen) atoms. The Morgan fingerprint density at radius 1 is 1.43 bits per heavy atom. The van der Waals surface area contributed by atoms with Crippen LogP contribution in [-0.4, -0.2) is 45.7 Å². The highest BCUT2D eigenvalue weighted by Crippen LogP contribution is 2.41. The van der Waals surface area contributed by atoms with Crippen LogP contribution in [0.2, 0.25) is 0 Å². The number of aryl methyl sites for hydroxylation is 1. The van der Waals surface area contributed by atoms with E-state index in [1.54, 1.807) is 0 Å². The fourth-order valence-corrected chi connectivity index (χ4v) is 3.84. The molecule has 3 rings (SSSR count).